The molecule has 0 atom stereocenters. The summed E-state index contributed by atoms with van der Waals surface area (Å²) >= 11 is 0. The zero-order valence-electron chi connectivity index (χ0n) is 19.5. The summed E-state index contributed by atoms with van der Waals surface area (Å²) < 4.78 is 19.6. The van der Waals surface area contributed by atoms with Crippen molar-refractivity contribution in [3.63, 3.8) is 0 Å². The van der Waals surface area contributed by atoms with Gasteiger partial charge in [0.05, 0.1) is 18.3 Å². The molecule has 174 valence electrons. The summed E-state index contributed by atoms with van der Waals surface area (Å²) in [6.45, 7) is 8.00. The second-order valence-electron chi connectivity index (χ2n) is 8.82. The number of aromatic amines is 2. The number of nitrogens with zero attached hydrogens (tertiary/aromatic N) is 1. The Hall–Kier alpha value is -3.64. The first kappa shape index (κ1) is 22.2. The van der Waals surface area contributed by atoms with Crippen LogP contribution in [-0.4, -0.2) is 35.4 Å². The fraction of sp³-hybridized carbons (Fsp3) is 0.250. The van der Waals surface area contributed by atoms with Gasteiger partial charge in [-0.2, -0.15) is 5.10 Å². The Labute approximate surface area is 198 Å². The Morgan fingerprint density at radius 1 is 1.15 bits per heavy atom. The topological polar surface area (TPSA) is 65.7 Å². The summed E-state index contributed by atoms with van der Waals surface area (Å²) in [7, 11) is 1.54. The van der Waals surface area contributed by atoms with Crippen LogP contribution in [0.2, 0.25) is 0 Å². The van der Waals surface area contributed by atoms with Crippen molar-refractivity contribution in [1.82, 2.24) is 20.5 Å². The largest absolute Gasteiger partial charge is 0.497 e. The number of allylic oxidation sites excluding steroid dienone is 2. The van der Waals surface area contributed by atoms with Gasteiger partial charge < -0.3 is 15.0 Å². The predicted molar refractivity (Wildman–Crippen MR) is 136 cm³/mol. The maximum absolute atomic E-state index is 14.3. The van der Waals surface area contributed by atoms with Crippen LogP contribution in [0, 0.1) is 12.7 Å². The van der Waals surface area contributed by atoms with E-state index in [0.29, 0.717) is 11.7 Å². The highest BCUT2D eigenvalue weighted by atomic mass is 19.1. The molecule has 4 aromatic rings. The third-order valence-corrected chi connectivity index (χ3v) is 6.66. The molecule has 1 aliphatic rings. The number of piperidine rings is 1. The van der Waals surface area contributed by atoms with Crippen LogP contribution in [-0.2, 0) is 0 Å². The van der Waals surface area contributed by atoms with E-state index in [1.165, 1.54) is 24.8 Å². The lowest BCUT2D eigenvalue weighted by molar-refractivity contribution is 0.411. The van der Waals surface area contributed by atoms with E-state index in [0.717, 1.165) is 70.6 Å². The second kappa shape index (κ2) is 9.31. The van der Waals surface area contributed by atoms with Gasteiger partial charge in [-0.25, -0.2) is 4.39 Å². The lowest BCUT2D eigenvalue weighted by Crippen LogP contribution is -2.26. The highest BCUT2D eigenvalue weighted by Crippen LogP contribution is 2.35. The molecule has 0 amide bonds. The number of halogens is 1. The minimum atomic E-state index is -0.346. The summed E-state index contributed by atoms with van der Waals surface area (Å²) in [6.07, 6.45) is 5.91. The van der Waals surface area contributed by atoms with Gasteiger partial charge >= 0.3 is 0 Å². The standard InChI is InChI=1S/C28H29FN4O/c1-4-5-23(20-12-21(29)15-22(13-20)34-3)24-16-27(31-17(24)2)28-25-14-19(6-7-26(25)32-33-28)18-8-10-30-11-9-18/h4-7,12-16,18,30-31H,1,8-11H2,2-3H3,(H,32,33)/b23-5-. The van der Waals surface area contributed by atoms with Crippen molar-refractivity contribution in [2.24, 2.45) is 0 Å². The average molecular weight is 457 g/mol. The summed E-state index contributed by atoms with van der Waals surface area (Å²) in [4.78, 5) is 3.50. The number of fused-ring (bicyclic) bond motifs is 1. The van der Waals surface area contributed by atoms with Gasteiger partial charge in [0.1, 0.15) is 17.3 Å². The molecular weight excluding hydrogens is 427 g/mol. The molecule has 0 bridgehead atoms. The Morgan fingerprint density at radius 3 is 2.74 bits per heavy atom. The summed E-state index contributed by atoms with van der Waals surface area (Å²) in [6, 6.07) is 13.4. The molecule has 5 nitrogen and oxygen atoms in total. The van der Waals surface area contributed by atoms with Gasteiger partial charge in [-0.15, -0.1) is 0 Å². The van der Waals surface area contributed by atoms with E-state index in [1.807, 2.05) is 19.1 Å². The number of methoxy groups -OCH3 is 1. The number of ether oxygens (including phenoxy) is 1. The molecule has 2 aromatic carbocycles. The van der Waals surface area contributed by atoms with Crippen LogP contribution in [0.25, 0.3) is 27.9 Å². The summed E-state index contributed by atoms with van der Waals surface area (Å²) in [5, 5.41) is 12.4. The molecule has 0 aliphatic carbocycles. The first-order valence-electron chi connectivity index (χ1n) is 11.6. The van der Waals surface area contributed by atoms with Crippen LogP contribution in [0.4, 0.5) is 4.39 Å². The van der Waals surface area contributed by atoms with Crippen molar-refractivity contribution >= 4 is 16.5 Å². The smallest absolute Gasteiger partial charge is 0.127 e. The Balaban J connectivity index is 1.57. The number of benzene rings is 2. The molecule has 1 fully saturated rings. The lowest BCUT2D eigenvalue weighted by atomic mass is 9.89. The highest BCUT2D eigenvalue weighted by Gasteiger charge is 2.19. The fourth-order valence-corrected chi connectivity index (χ4v) is 4.91. The number of nitrogens with one attached hydrogen (secondary N) is 3. The van der Waals surface area contributed by atoms with E-state index in [9.17, 15) is 4.39 Å². The molecule has 1 aliphatic heterocycles. The molecule has 0 spiro atoms. The first-order valence-corrected chi connectivity index (χ1v) is 11.6. The number of aromatic nitrogens is 3. The normalized spacial score (nSPS) is 15.1. The van der Waals surface area contributed by atoms with Crippen molar-refractivity contribution in [1.29, 1.82) is 0 Å². The zero-order valence-corrected chi connectivity index (χ0v) is 19.5. The molecule has 3 heterocycles. The van der Waals surface area contributed by atoms with Gasteiger partial charge in [0, 0.05) is 22.7 Å². The first-order chi connectivity index (χ1) is 16.6. The molecule has 5 rings (SSSR count). The molecule has 34 heavy (non-hydrogen) atoms. The monoisotopic (exact) mass is 456 g/mol. The zero-order chi connectivity index (χ0) is 23.7. The molecule has 2 aromatic heterocycles. The number of aryl methyl sites for hydroxylation is 1. The van der Waals surface area contributed by atoms with E-state index < -0.39 is 0 Å². The third kappa shape index (κ3) is 4.17. The lowest BCUT2D eigenvalue weighted by Gasteiger charge is -2.23. The van der Waals surface area contributed by atoms with Crippen molar-refractivity contribution in [3.8, 4) is 17.1 Å². The van der Waals surface area contributed by atoms with Crippen LogP contribution in [0.15, 0.2) is 61.2 Å². The molecule has 1 saturated heterocycles. The number of H-pyrrole nitrogens is 2. The van der Waals surface area contributed by atoms with Crippen LogP contribution >= 0.6 is 0 Å². The number of hydrogen-bond acceptors (Lipinski definition) is 3. The van der Waals surface area contributed by atoms with Crippen molar-refractivity contribution < 1.29 is 9.13 Å². The van der Waals surface area contributed by atoms with Crippen LogP contribution in [0.3, 0.4) is 0 Å². The molecule has 0 saturated carbocycles. The van der Waals surface area contributed by atoms with Crippen LogP contribution < -0.4 is 10.1 Å². The Kier molecular flexibility index (Phi) is 6.07. The van der Waals surface area contributed by atoms with Crippen LogP contribution in [0.1, 0.15) is 41.1 Å². The minimum Gasteiger partial charge on any atom is -0.497 e. The summed E-state index contributed by atoms with van der Waals surface area (Å²) in [5.41, 5.74) is 7.70. The van der Waals surface area contributed by atoms with Crippen molar-refractivity contribution in [3.05, 3.63) is 89.4 Å². The maximum atomic E-state index is 14.3. The van der Waals surface area contributed by atoms with Crippen LogP contribution in [0.5, 0.6) is 5.75 Å². The second-order valence-corrected chi connectivity index (χ2v) is 8.82. The van der Waals surface area contributed by atoms with Crippen molar-refractivity contribution in [2.45, 2.75) is 25.7 Å². The van der Waals surface area contributed by atoms with Gasteiger partial charge in [0.25, 0.3) is 0 Å². The van der Waals surface area contributed by atoms with Gasteiger partial charge in [-0.1, -0.05) is 24.8 Å². The van der Waals surface area contributed by atoms with Gasteiger partial charge in [-0.3, -0.25) is 5.10 Å². The third-order valence-electron chi connectivity index (χ3n) is 6.66. The average Bonchev–Trinajstić information content (AvgIpc) is 3.45. The Morgan fingerprint density at radius 2 is 1.97 bits per heavy atom. The fourth-order valence-electron chi connectivity index (χ4n) is 4.91. The van der Waals surface area contributed by atoms with Gasteiger partial charge in [0.2, 0.25) is 0 Å². The van der Waals surface area contributed by atoms with E-state index in [4.69, 9.17) is 4.74 Å². The Bertz CT molecular complexity index is 1370. The highest BCUT2D eigenvalue weighted by molar-refractivity contribution is 5.94. The molecule has 6 heteroatoms. The molecule has 0 radical (unpaired) electrons. The van der Waals surface area contributed by atoms with Gasteiger partial charge in [0.15, 0.2) is 0 Å². The summed E-state index contributed by atoms with van der Waals surface area (Å²) in [5.74, 6) is 0.697. The molecule has 3 N–H and O–H groups in total. The molecule has 0 unspecified atom stereocenters. The molecular formula is C28H29FN4O. The van der Waals surface area contributed by atoms with Crippen molar-refractivity contribution in [2.75, 3.05) is 20.2 Å². The maximum Gasteiger partial charge on any atom is 0.127 e. The van der Waals surface area contributed by atoms with E-state index in [1.54, 1.807) is 6.08 Å². The van der Waals surface area contributed by atoms with E-state index in [-0.39, 0.29) is 5.82 Å². The van der Waals surface area contributed by atoms with E-state index in [2.05, 4.69) is 51.3 Å². The number of rotatable bonds is 6. The quantitative estimate of drug-likeness (QED) is 0.307. The van der Waals surface area contributed by atoms with E-state index >= 15 is 0 Å². The SMILES string of the molecule is C=C/C=C(/c1cc(F)cc(OC)c1)c1cc(-c2n[nH]c3ccc(C4CCNCC4)cc23)[nH]c1C. The minimum absolute atomic E-state index is 0.346. The number of hydrogen-bond donors (Lipinski definition) is 3. The van der Waals surface area contributed by atoms with Gasteiger partial charge in [-0.05, 0) is 85.8 Å². The predicted octanol–water partition coefficient (Wildman–Crippen LogP) is 6.10.